The largest absolute Gasteiger partial charge is 0.305 e. The van der Waals surface area contributed by atoms with Crippen LogP contribution in [0.5, 0.6) is 0 Å². The molecule has 16 heavy (non-hydrogen) atoms. The molecule has 0 aromatic heterocycles. The molecule has 1 rings (SSSR count). The van der Waals surface area contributed by atoms with Crippen LogP contribution in [0.25, 0.3) is 0 Å². The van der Waals surface area contributed by atoms with Gasteiger partial charge in [0, 0.05) is 16.6 Å². The van der Waals surface area contributed by atoms with Gasteiger partial charge in [0.2, 0.25) is 0 Å². The molecule has 0 aliphatic carbocycles. The summed E-state index contributed by atoms with van der Waals surface area (Å²) in [5.41, 5.74) is 0.702. The molecule has 0 spiro atoms. The van der Waals surface area contributed by atoms with E-state index in [9.17, 15) is 4.79 Å². The van der Waals surface area contributed by atoms with Gasteiger partial charge in [-0.25, -0.2) is 0 Å². The van der Waals surface area contributed by atoms with Gasteiger partial charge >= 0.3 is 0 Å². The van der Waals surface area contributed by atoms with E-state index >= 15 is 0 Å². The molecule has 1 aromatic rings. The zero-order valence-corrected chi connectivity index (χ0v) is 10.7. The van der Waals surface area contributed by atoms with Crippen LogP contribution in [-0.4, -0.2) is 17.9 Å². The van der Waals surface area contributed by atoms with Crippen molar-refractivity contribution < 1.29 is 4.79 Å². The topological polar surface area (TPSA) is 29.1 Å². The first-order valence-corrected chi connectivity index (χ1v) is 5.98. The highest BCUT2D eigenvalue weighted by Crippen LogP contribution is 2.11. The maximum Gasteiger partial charge on any atom is 0.179 e. The zero-order valence-electron chi connectivity index (χ0n) is 9.96. The van der Waals surface area contributed by atoms with Crippen molar-refractivity contribution in [3.8, 4) is 0 Å². The average molecular weight is 240 g/mol. The van der Waals surface area contributed by atoms with E-state index in [1.165, 1.54) is 0 Å². The number of halogens is 1. The van der Waals surface area contributed by atoms with Gasteiger partial charge in [-0.05, 0) is 44.5 Å². The molecule has 0 aliphatic rings. The standard InChI is InChI=1S/C13H18ClNO/c1-4-9(2)15-10(3)13(16)11-5-7-12(14)8-6-11/h5-10,15H,4H2,1-3H3. The molecule has 0 saturated carbocycles. The van der Waals surface area contributed by atoms with Crippen LogP contribution in [-0.2, 0) is 0 Å². The predicted octanol–water partition coefficient (Wildman–Crippen LogP) is 3.30. The molecule has 0 amide bonds. The van der Waals surface area contributed by atoms with Gasteiger partial charge < -0.3 is 5.32 Å². The molecule has 88 valence electrons. The first kappa shape index (κ1) is 13.2. The molecule has 0 heterocycles. The molecule has 1 N–H and O–H groups in total. The number of rotatable bonds is 5. The highest BCUT2D eigenvalue weighted by atomic mass is 35.5. The number of nitrogens with one attached hydrogen (secondary N) is 1. The van der Waals surface area contributed by atoms with Crippen LogP contribution in [0.3, 0.4) is 0 Å². The van der Waals surface area contributed by atoms with E-state index in [0.717, 1.165) is 6.42 Å². The number of ketones is 1. The Morgan fingerprint density at radius 1 is 1.31 bits per heavy atom. The van der Waals surface area contributed by atoms with Crippen molar-refractivity contribution in [3.63, 3.8) is 0 Å². The summed E-state index contributed by atoms with van der Waals surface area (Å²) in [5, 5.41) is 3.91. The van der Waals surface area contributed by atoms with Crippen LogP contribution in [0.2, 0.25) is 5.02 Å². The number of hydrogen-bond acceptors (Lipinski definition) is 2. The first-order chi connectivity index (χ1) is 7.54. The molecule has 0 bridgehead atoms. The van der Waals surface area contributed by atoms with Crippen molar-refractivity contribution in [2.24, 2.45) is 0 Å². The Labute approximate surface area is 102 Å². The second-order valence-corrected chi connectivity index (χ2v) is 4.51. The van der Waals surface area contributed by atoms with Crippen molar-refractivity contribution >= 4 is 17.4 Å². The van der Waals surface area contributed by atoms with E-state index in [4.69, 9.17) is 11.6 Å². The lowest BCUT2D eigenvalue weighted by molar-refractivity contribution is 0.0945. The molecule has 3 heteroatoms. The van der Waals surface area contributed by atoms with E-state index in [1.54, 1.807) is 24.3 Å². The average Bonchev–Trinajstić information content (AvgIpc) is 2.28. The summed E-state index contributed by atoms with van der Waals surface area (Å²) in [5.74, 6) is 0.108. The molecule has 0 aliphatic heterocycles. The molecule has 0 saturated heterocycles. The smallest absolute Gasteiger partial charge is 0.179 e. The summed E-state index contributed by atoms with van der Waals surface area (Å²) < 4.78 is 0. The number of benzene rings is 1. The summed E-state index contributed by atoms with van der Waals surface area (Å²) in [7, 11) is 0. The molecule has 0 radical (unpaired) electrons. The second kappa shape index (κ2) is 6.02. The third kappa shape index (κ3) is 3.62. The minimum atomic E-state index is -0.156. The summed E-state index contributed by atoms with van der Waals surface area (Å²) in [4.78, 5) is 12.0. The summed E-state index contributed by atoms with van der Waals surface area (Å²) >= 11 is 5.78. The number of carbonyl (C=O) groups excluding carboxylic acids is 1. The van der Waals surface area contributed by atoms with Crippen LogP contribution in [0.4, 0.5) is 0 Å². The summed E-state index contributed by atoms with van der Waals surface area (Å²) in [6.07, 6.45) is 1.01. The number of hydrogen-bond donors (Lipinski definition) is 1. The normalized spacial score (nSPS) is 14.5. The molecular formula is C13H18ClNO. The maximum absolute atomic E-state index is 12.0. The van der Waals surface area contributed by atoms with Gasteiger partial charge in [-0.15, -0.1) is 0 Å². The molecule has 1 aromatic carbocycles. The van der Waals surface area contributed by atoms with Crippen LogP contribution in [0.15, 0.2) is 24.3 Å². The van der Waals surface area contributed by atoms with Gasteiger partial charge in [0.05, 0.1) is 6.04 Å². The van der Waals surface area contributed by atoms with Crippen molar-refractivity contribution in [2.75, 3.05) is 0 Å². The van der Waals surface area contributed by atoms with Gasteiger partial charge in [0.25, 0.3) is 0 Å². The lowest BCUT2D eigenvalue weighted by Crippen LogP contribution is -2.39. The Bertz CT molecular complexity index is 347. The van der Waals surface area contributed by atoms with E-state index < -0.39 is 0 Å². The number of carbonyl (C=O) groups is 1. The Kier molecular flexibility index (Phi) is 4.97. The SMILES string of the molecule is CCC(C)NC(C)C(=O)c1ccc(Cl)cc1. The van der Waals surface area contributed by atoms with Crippen LogP contribution in [0.1, 0.15) is 37.6 Å². The van der Waals surface area contributed by atoms with Crippen molar-refractivity contribution in [3.05, 3.63) is 34.9 Å². The Hall–Kier alpha value is -0.860. The van der Waals surface area contributed by atoms with Crippen molar-refractivity contribution in [1.82, 2.24) is 5.32 Å². The second-order valence-electron chi connectivity index (χ2n) is 4.07. The third-order valence-corrected chi connectivity index (χ3v) is 2.92. The fraction of sp³-hybridized carbons (Fsp3) is 0.462. The third-order valence-electron chi connectivity index (χ3n) is 2.67. The summed E-state index contributed by atoms with van der Waals surface area (Å²) in [6.45, 7) is 6.06. The van der Waals surface area contributed by atoms with Gasteiger partial charge in [0.1, 0.15) is 0 Å². The molecule has 0 fully saturated rings. The fourth-order valence-electron chi connectivity index (χ4n) is 1.48. The monoisotopic (exact) mass is 239 g/mol. The molecule has 2 unspecified atom stereocenters. The Morgan fingerprint density at radius 3 is 2.38 bits per heavy atom. The minimum Gasteiger partial charge on any atom is -0.305 e. The Morgan fingerprint density at radius 2 is 1.88 bits per heavy atom. The lowest BCUT2D eigenvalue weighted by atomic mass is 10.0. The molecule has 2 atom stereocenters. The molecule has 2 nitrogen and oxygen atoms in total. The fourth-order valence-corrected chi connectivity index (χ4v) is 1.61. The first-order valence-electron chi connectivity index (χ1n) is 5.60. The van der Waals surface area contributed by atoms with E-state index in [-0.39, 0.29) is 11.8 Å². The zero-order chi connectivity index (χ0) is 12.1. The van der Waals surface area contributed by atoms with Crippen LogP contribution < -0.4 is 5.32 Å². The van der Waals surface area contributed by atoms with E-state index in [2.05, 4.69) is 19.2 Å². The maximum atomic E-state index is 12.0. The van der Waals surface area contributed by atoms with Crippen LogP contribution in [0, 0.1) is 0 Å². The van der Waals surface area contributed by atoms with E-state index in [1.807, 2.05) is 6.92 Å². The van der Waals surface area contributed by atoms with Gasteiger partial charge in [0.15, 0.2) is 5.78 Å². The van der Waals surface area contributed by atoms with Crippen LogP contribution >= 0.6 is 11.6 Å². The van der Waals surface area contributed by atoms with E-state index in [0.29, 0.717) is 16.6 Å². The highest BCUT2D eigenvalue weighted by molar-refractivity contribution is 6.30. The van der Waals surface area contributed by atoms with Gasteiger partial charge in [-0.2, -0.15) is 0 Å². The highest BCUT2D eigenvalue weighted by Gasteiger charge is 2.16. The summed E-state index contributed by atoms with van der Waals surface area (Å²) in [6, 6.07) is 7.21. The Balaban J connectivity index is 2.67. The lowest BCUT2D eigenvalue weighted by Gasteiger charge is -2.17. The van der Waals surface area contributed by atoms with Crippen molar-refractivity contribution in [2.45, 2.75) is 39.3 Å². The van der Waals surface area contributed by atoms with Crippen molar-refractivity contribution in [1.29, 1.82) is 0 Å². The predicted molar refractivity (Wildman–Crippen MR) is 68.1 cm³/mol. The van der Waals surface area contributed by atoms with Gasteiger partial charge in [-0.3, -0.25) is 4.79 Å². The quantitative estimate of drug-likeness (QED) is 0.799. The van der Waals surface area contributed by atoms with Gasteiger partial charge in [-0.1, -0.05) is 18.5 Å². The minimum absolute atomic E-state index is 0.108. The molecular weight excluding hydrogens is 222 g/mol. The number of Topliss-reactive ketones (excluding diaryl/α,β-unsaturated/α-hetero) is 1.